The fraction of sp³-hybridized carbons (Fsp3) is 0.188. The van der Waals surface area contributed by atoms with E-state index in [2.05, 4.69) is 15.6 Å². The van der Waals surface area contributed by atoms with Gasteiger partial charge in [0.2, 0.25) is 5.91 Å². The van der Waals surface area contributed by atoms with Crippen molar-refractivity contribution in [2.24, 2.45) is 5.92 Å². The van der Waals surface area contributed by atoms with Gasteiger partial charge in [-0.25, -0.2) is 9.37 Å². The molecule has 2 amide bonds. The largest absolute Gasteiger partial charge is 0.508 e. The second-order valence-electron chi connectivity index (χ2n) is 5.31. The number of pyridine rings is 1. The topological polar surface area (TPSA) is 91.3 Å². The van der Waals surface area contributed by atoms with Crippen LogP contribution < -0.4 is 10.6 Å². The number of phenolic OH excluding ortho intramolecular Hbond substituents is 1. The van der Waals surface area contributed by atoms with Crippen LogP contribution >= 0.6 is 0 Å². The number of amides is 2. The molecule has 6 nitrogen and oxygen atoms in total. The van der Waals surface area contributed by atoms with Gasteiger partial charge in [-0.2, -0.15) is 0 Å². The summed E-state index contributed by atoms with van der Waals surface area (Å²) in [6.45, 7) is 0. The summed E-state index contributed by atoms with van der Waals surface area (Å²) in [7, 11) is 0. The molecule has 0 radical (unpaired) electrons. The third-order valence-electron chi connectivity index (χ3n) is 3.41. The Bertz CT molecular complexity index is 775. The minimum atomic E-state index is -0.821. The molecule has 0 unspecified atom stereocenters. The number of hydrogen-bond acceptors (Lipinski definition) is 4. The number of anilines is 2. The van der Waals surface area contributed by atoms with E-state index in [0.717, 1.165) is 18.9 Å². The SMILES string of the molecule is O=C(Nc1ccnc(NC(=O)C2CC2)c1)c1ccc(O)cc1F. The third kappa shape index (κ3) is 3.63. The van der Waals surface area contributed by atoms with Crippen molar-refractivity contribution >= 4 is 23.3 Å². The predicted octanol–water partition coefficient (Wildman–Crippen LogP) is 2.53. The summed E-state index contributed by atoms with van der Waals surface area (Å²) < 4.78 is 13.7. The maximum atomic E-state index is 13.7. The zero-order valence-electron chi connectivity index (χ0n) is 12.0. The Kier molecular flexibility index (Phi) is 3.92. The van der Waals surface area contributed by atoms with Crippen LogP contribution in [0.25, 0.3) is 0 Å². The number of aromatic nitrogens is 1. The minimum Gasteiger partial charge on any atom is -0.508 e. The second kappa shape index (κ2) is 6.04. The highest BCUT2D eigenvalue weighted by Crippen LogP contribution is 2.30. The molecule has 7 heteroatoms. The van der Waals surface area contributed by atoms with Gasteiger partial charge < -0.3 is 15.7 Å². The fourth-order valence-electron chi connectivity index (χ4n) is 2.04. The van der Waals surface area contributed by atoms with Crippen molar-refractivity contribution in [3.63, 3.8) is 0 Å². The number of aromatic hydroxyl groups is 1. The Hall–Kier alpha value is -2.96. The highest BCUT2D eigenvalue weighted by atomic mass is 19.1. The zero-order chi connectivity index (χ0) is 16.4. The Morgan fingerprint density at radius 1 is 1.17 bits per heavy atom. The standard InChI is InChI=1S/C16H14FN3O3/c17-13-8-11(21)3-4-12(13)16(23)19-10-5-6-18-14(7-10)20-15(22)9-1-2-9/h3-9,21H,1-2H2,(H2,18,19,20,22,23). The molecular weight excluding hydrogens is 301 g/mol. The molecule has 1 saturated carbocycles. The van der Waals surface area contributed by atoms with Crippen LogP contribution in [0, 0.1) is 11.7 Å². The van der Waals surface area contributed by atoms with Gasteiger partial charge in [-0.1, -0.05) is 0 Å². The first-order valence-corrected chi connectivity index (χ1v) is 7.10. The summed E-state index contributed by atoms with van der Waals surface area (Å²) in [5, 5.41) is 14.4. The molecule has 0 bridgehead atoms. The maximum absolute atomic E-state index is 13.7. The Labute approximate surface area is 131 Å². The molecule has 1 aromatic carbocycles. The number of nitrogens with zero attached hydrogens (tertiary/aromatic N) is 1. The van der Waals surface area contributed by atoms with Crippen LogP contribution in [0.1, 0.15) is 23.2 Å². The molecule has 0 aliphatic heterocycles. The van der Waals surface area contributed by atoms with Crippen LogP contribution in [-0.4, -0.2) is 21.9 Å². The molecule has 1 heterocycles. The Balaban J connectivity index is 1.71. The normalized spacial score (nSPS) is 13.4. The number of benzene rings is 1. The quantitative estimate of drug-likeness (QED) is 0.808. The van der Waals surface area contributed by atoms with Gasteiger partial charge in [-0.15, -0.1) is 0 Å². The third-order valence-corrected chi connectivity index (χ3v) is 3.41. The molecule has 1 fully saturated rings. The van der Waals surface area contributed by atoms with Crippen LogP contribution in [0.2, 0.25) is 0 Å². The van der Waals surface area contributed by atoms with E-state index < -0.39 is 11.7 Å². The van der Waals surface area contributed by atoms with E-state index in [0.29, 0.717) is 11.5 Å². The molecule has 118 valence electrons. The van der Waals surface area contributed by atoms with E-state index in [1.165, 1.54) is 30.5 Å². The van der Waals surface area contributed by atoms with Gasteiger partial charge in [-0.05, 0) is 31.0 Å². The summed E-state index contributed by atoms with van der Waals surface area (Å²) in [5.41, 5.74) is 0.187. The molecule has 0 atom stereocenters. The van der Waals surface area contributed by atoms with Crippen LogP contribution in [0.15, 0.2) is 36.5 Å². The average Bonchev–Trinajstić information content (AvgIpc) is 3.32. The first-order valence-electron chi connectivity index (χ1n) is 7.10. The number of phenols is 1. The smallest absolute Gasteiger partial charge is 0.258 e. The van der Waals surface area contributed by atoms with E-state index in [1.807, 2.05) is 0 Å². The highest BCUT2D eigenvalue weighted by molar-refractivity contribution is 6.04. The van der Waals surface area contributed by atoms with Gasteiger partial charge >= 0.3 is 0 Å². The van der Waals surface area contributed by atoms with Crippen LogP contribution in [0.3, 0.4) is 0 Å². The second-order valence-corrected chi connectivity index (χ2v) is 5.31. The van der Waals surface area contributed by atoms with Crippen molar-refractivity contribution < 1.29 is 19.1 Å². The molecule has 2 aromatic rings. The average molecular weight is 315 g/mol. The van der Waals surface area contributed by atoms with Gasteiger partial charge in [0, 0.05) is 29.9 Å². The number of nitrogens with one attached hydrogen (secondary N) is 2. The van der Waals surface area contributed by atoms with Crippen LogP contribution in [0.5, 0.6) is 5.75 Å². The number of halogens is 1. The lowest BCUT2D eigenvalue weighted by Gasteiger charge is -2.08. The number of hydrogen-bond donors (Lipinski definition) is 3. The molecule has 0 saturated heterocycles. The lowest BCUT2D eigenvalue weighted by molar-refractivity contribution is -0.117. The molecule has 1 aliphatic carbocycles. The zero-order valence-corrected chi connectivity index (χ0v) is 12.0. The molecule has 1 aliphatic rings. The Morgan fingerprint density at radius 3 is 2.65 bits per heavy atom. The van der Waals surface area contributed by atoms with Crippen molar-refractivity contribution in [1.82, 2.24) is 4.98 Å². The summed E-state index contributed by atoms with van der Waals surface area (Å²) in [6.07, 6.45) is 3.19. The van der Waals surface area contributed by atoms with Crippen molar-refractivity contribution in [2.45, 2.75) is 12.8 Å². The van der Waals surface area contributed by atoms with Gasteiger partial charge in [0.15, 0.2) is 0 Å². The predicted molar refractivity (Wildman–Crippen MR) is 81.6 cm³/mol. The summed E-state index contributed by atoms with van der Waals surface area (Å²) in [5.74, 6) is -1.46. The maximum Gasteiger partial charge on any atom is 0.258 e. The van der Waals surface area contributed by atoms with Crippen molar-refractivity contribution in [2.75, 3.05) is 10.6 Å². The fourth-order valence-corrected chi connectivity index (χ4v) is 2.04. The van der Waals surface area contributed by atoms with E-state index in [1.54, 1.807) is 0 Å². The molecular formula is C16H14FN3O3. The van der Waals surface area contributed by atoms with Gasteiger partial charge in [-0.3, -0.25) is 9.59 Å². The lowest BCUT2D eigenvalue weighted by Crippen LogP contribution is -2.16. The first kappa shape index (κ1) is 15.0. The molecule has 0 spiro atoms. The van der Waals surface area contributed by atoms with Gasteiger partial charge in [0.1, 0.15) is 17.4 Å². The molecule has 3 rings (SSSR count). The number of rotatable bonds is 4. The highest BCUT2D eigenvalue weighted by Gasteiger charge is 2.29. The van der Waals surface area contributed by atoms with E-state index >= 15 is 0 Å². The van der Waals surface area contributed by atoms with Gasteiger partial charge in [0.05, 0.1) is 5.56 Å². The Morgan fingerprint density at radius 2 is 1.96 bits per heavy atom. The summed E-state index contributed by atoms with van der Waals surface area (Å²) >= 11 is 0. The van der Waals surface area contributed by atoms with Crippen molar-refractivity contribution in [3.8, 4) is 5.75 Å². The van der Waals surface area contributed by atoms with E-state index in [-0.39, 0.29) is 23.1 Å². The number of carbonyl (C=O) groups is 2. The molecule has 1 aromatic heterocycles. The molecule has 3 N–H and O–H groups in total. The van der Waals surface area contributed by atoms with Crippen molar-refractivity contribution in [3.05, 3.63) is 47.9 Å². The van der Waals surface area contributed by atoms with Crippen molar-refractivity contribution in [1.29, 1.82) is 0 Å². The number of carbonyl (C=O) groups excluding carboxylic acids is 2. The lowest BCUT2D eigenvalue weighted by atomic mass is 10.2. The minimum absolute atomic E-state index is 0.0427. The van der Waals surface area contributed by atoms with Gasteiger partial charge in [0.25, 0.3) is 5.91 Å². The first-order chi connectivity index (χ1) is 11.0. The summed E-state index contributed by atoms with van der Waals surface area (Å²) in [4.78, 5) is 27.8. The van der Waals surface area contributed by atoms with Crippen LogP contribution in [-0.2, 0) is 4.79 Å². The van der Waals surface area contributed by atoms with Crippen LogP contribution in [0.4, 0.5) is 15.9 Å². The van der Waals surface area contributed by atoms with E-state index in [4.69, 9.17) is 5.11 Å². The summed E-state index contributed by atoms with van der Waals surface area (Å²) in [6, 6.07) is 6.31. The van der Waals surface area contributed by atoms with E-state index in [9.17, 15) is 14.0 Å². The molecule has 23 heavy (non-hydrogen) atoms. The monoisotopic (exact) mass is 315 g/mol.